The van der Waals surface area contributed by atoms with Crippen LogP contribution in [0.4, 0.5) is 5.69 Å². The second kappa shape index (κ2) is 5.26. The molecule has 2 aromatic carbocycles. The van der Waals surface area contributed by atoms with E-state index in [-0.39, 0.29) is 5.91 Å². The standard InChI is InChI=1S/C16H13NO3S/c1-9-10(16(19)20-2)7-8-13-14(9)17-15(18)11-5-3-4-6-12(11)21-13/h3-8H,1-2H3,(H,17,18). The number of nitrogens with one attached hydrogen (secondary N) is 1. The molecule has 1 aliphatic heterocycles. The lowest BCUT2D eigenvalue weighted by Gasteiger charge is -2.12. The second-order valence-electron chi connectivity index (χ2n) is 4.66. The summed E-state index contributed by atoms with van der Waals surface area (Å²) >= 11 is 1.51. The molecule has 1 amide bonds. The minimum atomic E-state index is -0.406. The number of methoxy groups -OCH3 is 1. The van der Waals surface area contributed by atoms with Crippen LogP contribution in [0.2, 0.25) is 0 Å². The fourth-order valence-corrected chi connectivity index (χ4v) is 3.40. The first-order valence-corrected chi connectivity index (χ1v) is 7.23. The van der Waals surface area contributed by atoms with E-state index in [1.54, 1.807) is 12.1 Å². The van der Waals surface area contributed by atoms with Crippen molar-refractivity contribution in [2.75, 3.05) is 12.4 Å². The summed E-state index contributed by atoms with van der Waals surface area (Å²) in [6.07, 6.45) is 0. The van der Waals surface area contributed by atoms with E-state index in [4.69, 9.17) is 4.74 Å². The first-order valence-electron chi connectivity index (χ1n) is 6.42. The van der Waals surface area contributed by atoms with Crippen LogP contribution >= 0.6 is 11.8 Å². The maximum Gasteiger partial charge on any atom is 0.338 e. The average Bonchev–Trinajstić information content (AvgIpc) is 2.64. The molecule has 4 nitrogen and oxygen atoms in total. The second-order valence-corrected chi connectivity index (χ2v) is 5.74. The summed E-state index contributed by atoms with van der Waals surface area (Å²) in [4.78, 5) is 25.9. The van der Waals surface area contributed by atoms with Gasteiger partial charge in [-0.05, 0) is 36.8 Å². The summed E-state index contributed by atoms with van der Waals surface area (Å²) in [5.74, 6) is -0.571. The number of ether oxygens (including phenoxy) is 1. The highest BCUT2D eigenvalue weighted by Crippen LogP contribution is 2.41. The van der Waals surface area contributed by atoms with E-state index in [2.05, 4.69) is 5.32 Å². The normalized spacial score (nSPS) is 12.8. The van der Waals surface area contributed by atoms with Crippen molar-refractivity contribution >= 4 is 29.3 Å². The Balaban J connectivity index is 2.14. The van der Waals surface area contributed by atoms with Crippen molar-refractivity contribution in [3.8, 4) is 0 Å². The highest BCUT2D eigenvalue weighted by Gasteiger charge is 2.23. The number of rotatable bonds is 1. The van der Waals surface area contributed by atoms with Crippen LogP contribution in [0, 0.1) is 6.92 Å². The van der Waals surface area contributed by atoms with Gasteiger partial charge in [0.15, 0.2) is 0 Å². The van der Waals surface area contributed by atoms with Crippen molar-refractivity contribution in [1.82, 2.24) is 0 Å². The fourth-order valence-electron chi connectivity index (χ4n) is 2.30. The molecule has 5 heteroatoms. The van der Waals surface area contributed by atoms with E-state index in [1.807, 2.05) is 31.2 Å². The van der Waals surface area contributed by atoms with Gasteiger partial charge in [-0.1, -0.05) is 23.9 Å². The first-order chi connectivity index (χ1) is 10.1. The molecular weight excluding hydrogens is 286 g/mol. The van der Waals surface area contributed by atoms with E-state index in [1.165, 1.54) is 18.9 Å². The molecule has 0 radical (unpaired) electrons. The van der Waals surface area contributed by atoms with Crippen molar-refractivity contribution in [3.63, 3.8) is 0 Å². The Labute approximate surface area is 126 Å². The largest absolute Gasteiger partial charge is 0.465 e. The number of hydrogen-bond donors (Lipinski definition) is 1. The Morgan fingerprint density at radius 3 is 2.67 bits per heavy atom. The highest BCUT2D eigenvalue weighted by molar-refractivity contribution is 7.99. The number of amides is 1. The lowest BCUT2D eigenvalue weighted by atomic mass is 10.1. The molecule has 0 bridgehead atoms. The molecule has 106 valence electrons. The average molecular weight is 299 g/mol. The zero-order valence-corrected chi connectivity index (χ0v) is 12.4. The Hall–Kier alpha value is -2.27. The number of anilines is 1. The summed E-state index contributed by atoms with van der Waals surface area (Å²) in [6.45, 7) is 1.81. The van der Waals surface area contributed by atoms with E-state index in [9.17, 15) is 9.59 Å². The maximum atomic E-state index is 12.3. The minimum absolute atomic E-state index is 0.165. The zero-order valence-electron chi connectivity index (χ0n) is 11.6. The number of benzene rings is 2. The molecule has 0 aromatic heterocycles. The SMILES string of the molecule is COC(=O)c1ccc2c(c1C)NC(=O)c1ccccc1S2. The third-order valence-electron chi connectivity index (χ3n) is 3.42. The van der Waals surface area contributed by atoms with Crippen LogP contribution in [0.15, 0.2) is 46.2 Å². The molecule has 0 saturated heterocycles. The summed E-state index contributed by atoms with van der Waals surface area (Å²) in [5.41, 5.74) is 2.48. The van der Waals surface area contributed by atoms with Crippen molar-refractivity contribution in [1.29, 1.82) is 0 Å². The minimum Gasteiger partial charge on any atom is -0.465 e. The Bertz CT molecular complexity index is 755. The summed E-state index contributed by atoms with van der Waals surface area (Å²) in [6, 6.07) is 11.0. The Morgan fingerprint density at radius 2 is 1.90 bits per heavy atom. The van der Waals surface area contributed by atoms with Crippen LogP contribution < -0.4 is 5.32 Å². The molecule has 0 unspecified atom stereocenters. The quantitative estimate of drug-likeness (QED) is 0.819. The van der Waals surface area contributed by atoms with E-state index >= 15 is 0 Å². The topological polar surface area (TPSA) is 55.4 Å². The summed E-state index contributed by atoms with van der Waals surface area (Å²) in [7, 11) is 1.34. The van der Waals surface area contributed by atoms with Gasteiger partial charge in [-0.15, -0.1) is 0 Å². The van der Waals surface area contributed by atoms with Gasteiger partial charge < -0.3 is 10.1 Å². The van der Waals surface area contributed by atoms with Gasteiger partial charge >= 0.3 is 5.97 Å². The van der Waals surface area contributed by atoms with E-state index in [0.29, 0.717) is 22.4 Å². The van der Waals surface area contributed by atoms with Crippen molar-refractivity contribution in [3.05, 3.63) is 53.1 Å². The van der Waals surface area contributed by atoms with Crippen LogP contribution in [0.5, 0.6) is 0 Å². The molecule has 0 spiro atoms. The van der Waals surface area contributed by atoms with Gasteiger partial charge in [-0.2, -0.15) is 0 Å². The number of carbonyl (C=O) groups excluding carboxylic acids is 2. The van der Waals surface area contributed by atoms with Crippen molar-refractivity contribution < 1.29 is 14.3 Å². The number of esters is 1. The van der Waals surface area contributed by atoms with E-state index < -0.39 is 5.97 Å². The monoisotopic (exact) mass is 299 g/mol. The van der Waals surface area contributed by atoms with Gasteiger partial charge in [-0.25, -0.2) is 4.79 Å². The van der Waals surface area contributed by atoms with Gasteiger partial charge in [0.25, 0.3) is 5.91 Å². The maximum absolute atomic E-state index is 12.3. The van der Waals surface area contributed by atoms with Crippen LogP contribution in [0.1, 0.15) is 26.3 Å². The molecular formula is C16H13NO3S. The summed E-state index contributed by atoms with van der Waals surface area (Å²) < 4.78 is 4.77. The molecule has 3 rings (SSSR count). The first kappa shape index (κ1) is 13.7. The fraction of sp³-hybridized carbons (Fsp3) is 0.125. The molecule has 2 aromatic rings. The van der Waals surface area contributed by atoms with Crippen LogP contribution in [0.25, 0.3) is 0 Å². The Morgan fingerprint density at radius 1 is 1.14 bits per heavy atom. The Kier molecular flexibility index (Phi) is 3.43. The van der Waals surface area contributed by atoms with Crippen LogP contribution in [-0.2, 0) is 4.74 Å². The lowest BCUT2D eigenvalue weighted by molar-refractivity contribution is 0.0599. The predicted octanol–water partition coefficient (Wildman–Crippen LogP) is 3.50. The highest BCUT2D eigenvalue weighted by atomic mass is 32.2. The smallest absolute Gasteiger partial charge is 0.338 e. The predicted molar refractivity (Wildman–Crippen MR) is 81.0 cm³/mol. The molecule has 21 heavy (non-hydrogen) atoms. The molecule has 1 heterocycles. The summed E-state index contributed by atoms with van der Waals surface area (Å²) in [5, 5.41) is 2.90. The van der Waals surface area contributed by atoms with Crippen LogP contribution in [-0.4, -0.2) is 19.0 Å². The number of hydrogen-bond acceptors (Lipinski definition) is 4. The molecule has 1 aliphatic rings. The molecule has 1 N–H and O–H groups in total. The molecule has 0 atom stereocenters. The van der Waals surface area contributed by atoms with Gasteiger partial charge in [0, 0.05) is 9.79 Å². The van der Waals surface area contributed by atoms with Gasteiger partial charge in [0.1, 0.15) is 0 Å². The van der Waals surface area contributed by atoms with Gasteiger partial charge in [0.05, 0.1) is 23.9 Å². The van der Waals surface area contributed by atoms with Crippen molar-refractivity contribution in [2.24, 2.45) is 0 Å². The third-order valence-corrected chi connectivity index (χ3v) is 4.56. The van der Waals surface area contributed by atoms with E-state index in [0.717, 1.165) is 9.79 Å². The van der Waals surface area contributed by atoms with Crippen LogP contribution in [0.3, 0.4) is 0 Å². The lowest BCUT2D eigenvalue weighted by Crippen LogP contribution is -2.14. The molecule has 0 fully saturated rings. The number of carbonyl (C=O) groups is 2. The van der Waals surface area contributed by atoms with Gasteiger partial charge in [0.2, 0.25) is 0 Å². The number of fused-ring (bicyclic) bond motifs is 2. The molecule has 0 aliphatic carbocycles. The van der Waals surface area contributed by atoms with Gasteiger partial charge in [-0.3, -0.25) is 4.79 Å². The van der Waals surface area contributed by atoms with Crippen molar-refractivity contribution in [2.45, 2.75) is 16.7 Å². The molecule has 0 saturated carbocycles. The zero-order chi connectivity index (χ0) is 15.0. The third kappa shape index (κ3) is 2.29.